The van der Waals surface area contributed by atoms with Crippen molar-refractivity contribution in [2.75, 3.05) is 25.6 Å². The summed E-state index contributed by atoms with van der Waals surface area (Å²) in [4.78, 5) is 38.7. The van der Waals surface area contributed by atoms with E-state index in [1.165, 1.54) is 4.90 Å². The molecule has 0 bridgehead atoms. The van der Waals surface area contributed by atoms with Crippen LogP contribution < -0.4 is 0 Å². The molecule has 0 saturated carbocycles. The van der Waals surface area contributed by atoms with Gasteiger partial charge in [0.2, 0.25) is 0 Å². The van der Waals surface area contributed by atoms with Gasteiger partial charge in [0.05, 0.1) is 27.2 Å². The fourth-order valence-electron chi connectivity index (χ4n) is 5.96. The van der Waals surface area contributed by atoms with E-state index in [0.717, 1.165) is 39.7 Å². The lowest BCUT2D eigenvalue weighted by Gasteiger charge is -2.42. The molecule has 4 aromatic rings. The van der Waals surface area contributed by atoms with Crippen molar-refractivity contribution >= 4 is 54.1 Å². The second-order valence-electron chi connectivity index (χ2n) is 11.2. The van der Waals surface area contributed by atoms with Gasteiger partial charge in [-0.1, -0.05) is 30.3 Å². The van der Waals surface area contributed by atoms with Gasteiger partial charge in [0.1, 0.15) is 5.54 Å². The molecule has 6 rings (SSSR count). The van der Waals surface area contributed by atoms with Crippen LogP contribution in [-0.2, 0) is 45.1 Å². The zero-order chi connectivity index (χ0) is 30.4. The molecule has 2 fully saturated rings. The molecule has 3 amide bonds. The van der Waals surface area contributed by atoms with Gasteiger partial charge in [0.25, 0.3) is 5.91 Å². The fourth-order valence-corrected chi connectivity index (χ4v) is 7.77. The second-order valence-corrected chi connectivity index (χ2v) is 15.5. The van der Waals surface area contributed by atoms with Crippen molar-refractivity contribution in [3.05, 3.63) is 88.9 Å². The van der Waals surface area contributed by atoms with Gasteiger partial charge in [-0.05, 0) is 65.9 Å². The van der Waals surface area contributed by atoms with Crippen molar-refractivity contribution in [3.63, 3.8) is 0 Å². The van der Waals surface area contributed by atoms with Gasteiger partial charge >= 0.3 is 6.03 Å². The molecule has 1 atom stereocenters. The Labute approximate surface area is 257 Å². The van der Waals surface area contributed by atoms with Crippen LogP contribution in [0.5, 0.6) is 0 Å². The normalized spacial score (nSPS) is 18.2. The van der Waals surface area contributed by atoms with E-state index in [2.05, 4.69) is 28.1 Å². The summed E-state index contributed by atoms with van der Waals surface area (Å²) in [7, 11) is -4.48. The molecule has 1 unspecified atom stereocenters. The van der Waals surface area contributed by atoms with Crippen molar-refractivity contribution in [2.45, 2.75) is 47.8 Å². The number of urea groups is 1. The number of piperidine rings is 1. The van der Waals surface area contributed by atoms with Crippen LogP contribution in [0.4, 0.5) is 4.79 Å². The first kappa shape index (κ1) is 29.6. The van der Waals surface area contributed by atoms with Gasteiger partial charge in [0, 0.05) is 54.4 Å². The van der Waals surface area contributed by atoms with Gasteiger partial charge < -0.3 is 4.90 Å². The molecule has 1 aromatic heterocycles. The number of nitrogens with zero attached hydrogens (tertiary/aromatic N) is 4. The summed E-state index contributed by atoms with van der Waals surface area (Å²) in [5, 5.41) is 0. The number of benzene rings is 3. The summed E-state index contributed by atoms with van der Waals surface area (Å²) in [6.45, 7) is 2.33. The zero-order valence-electron chi connectivity index (χ0n) is 23.9. The number of likely N-dealkylation sites (tertiary alicyclic amines) is 1. The molecular formula is C31H32N4O5S3. The topological polar surface area (TPSA) is 108 Å². The number of thiazole rings is 1. The van der Waals surface area contributed by atoms with E-state index in [9.17, 15) is 22.2 Å². The fraction of sp³-hybridized carbons (Fsp3) is 0.323. The molecule has 0 N–H and O–H groups in total. The van der Waals surface area contributed by atoms with Crippen LogP contribution in [0.2, 0.25) is 0 Å². The number of carbonyl (C=O) groups excluding carboxylic acids is 2. The SMILES string of the molecule is CS(=O)c1ccc(CN2C(=O)N(Cc3ccc(S(C)(=O)=O)cc3)C3(CCN(Cc4ccc5scnc5c4)CC3)C2=O)cc1. The van der Waals surface area contributed by atoms with Gasteiger partial charge in [-0.3, -0.25) is 18.8 Å². The highest BCUT2D eigenvalue weighted by Gasteiger charge is 2.57. The molecule has 224 valence electrons. The summed E-state index contributed by atoms with van der Waals surface area (Å²) in [6.07, 6.45) is 3.74. The van der Waals surface area contributed by atoms with Crippen LogP contribution in [0, 0.1) is 0 Å². The molecule has 43 heavy (non-hydrogen) atoms. The predicted molar refractivity (Wildman–Crippen MR) is 167 cm³/mol. The van der Waals surface area contributed by atoms with Gasteiger partial charge in [-0.25, -0.2) is 18.2 Å². The van der Waals surface area contributed by atoms with E-state index in [1.807, 2.05) is 5.51 Å². The van der Waals surface area contributed by atoms with Crippen molar-refractivity contribution in [2.24, 2.45) is 0 Å². The van der Waals surface area contributed by atoms with E-state index in [1.54, 1.807) is 71.0 Å². The Morgan fingerprint density at radius 1 is 0.884 bits per heavy atom. The van der Waals surface area contributed by atoms with E-state index < -0.39 is 26.2 Å². The zero-order valence-corrected chi connectivity index (χ0v) is 26.4. The Morgan fingerprint density at radius 3 is 2.16 bits per heavy atom. The molecule has 12 heteroatoms. The molecule has 1 spiro atoms. The number of amides is 3. The Hall–Kier alpha value is -3.45. The van der Waals surface area contributed by atoms with E-state index >= 15 is 0 Å². The Balaban J connectivity index is 1.25. The number of fused-ring (bicyclic) bond motifs is 1. The monoisotopic (exact) mass is 636 g/mol. The number of imide groups is 1. The highest BCUT2D eigenvalue weighted by molar-refractivity contribution is 7.90. The first-order valence-electron chi connectivity index (χ1n) is 13.9. The largest absolute Gasteiger partial charge is 0.328 e. The predicted octanol–water partition coefficient (Wildman–Crippen LogP) is 4.44. The second kappa shape index (κ2) is 11.6. The minimum Gasteiger partial charge on any atom is -0.305 e. The van der Waals surface area contributed by atoms with Gasteiger partial charge in [-0.2, -0.15) is 0 Å². The van der Waals surface area contributed by atoms with Gasteiger partial charge in [0.15, 0.2) is 9.84 Å². The average molecular weight is 637 g/mol. The third-order valence-electron chi connectivity index (χ3n) is 8.39. The van der Waals surface area contributed by atoms with E-state index in [4.69, 9.17) is 0 Å². The minimum absolute atomic E-state index is 0.122. The summed E-state index contributed by atoms with van der Waals surface area (Å²) >= 11 is 1.61. The summed E-state index contributed by atoms with van der Waals surface area (Å²) in [5.41, 5.74) is 4.52. The van der Waals surface area contributed by atoms with Crippen LogP contribution in [0.1, 0.15) is 29.5 Å². The number of hydrogen-bond acceptors (Lipinski definition) is 8. The van der Waals surface area contributed by atoms with Crippen LogP contribution in [0.25, 0.3) is 10.2 Å². The standard InChI is InChI=1S/C31H32N4O5S3/c1-42(38)25-8-3-22(4-9-25)19-34-29(36)31(35(30(34)37)20-23-5-10-26(11-6-23)43(2,39)40)13-15-33(16-14-31)18-24-7-12-28-27(17-24)32-21-41-28/h3-12,17,21H,13-16,18-20H2,1-2H3. The maximum atomic E-state index is 14.2. The van der Waals surface area contributed by atoms with Crippen LogP contribution >= 0.6 is 11.3 Å². The van der Waals surface area contributed by atoms with Gasteiger partial charge in [-0.15, -0.1) is 11.3 Å². The Kier molecular flexibility index (Phi) is 7.97. The van der Waals surface area contributed by atoms with E-state index in [0.29, 0.717) is 30.8 Å². The molecule has 3 aromatic carbocycles. The maximum absolute atomic E-state index is 14.2. The van der Waals surface area contributed by atoms with E-state index in [-0.39, 0.29) is 29.9 Å². The first-order chi connectivity index (χ1) is 20.5. The Bertz CT molecular complexity index is 1810. The van der Waals surface area contributed by atoms with Crippen LogP contribution in [-0.4, -0.2) is 75.4 Å². The quantitative estimate of drug-likeness (QED) is 0.263. The average Bonchev–Trinajstić information content (AvgIpc) is 3.52. The van der Waals surface area contributed by atoms with Crippen molar-refractivity contribution in [3.8, 4) is 0 Å². The first-order valence-corrected chi connectivity index (χ1v) is 18.3. The molecule has 2 aliphatic heterocycles. The smallest absolute Gasteiger partial charge is 0.305 e. The van der Waals surface area contributed by atoms with Crippen LogP contribution in [0.3, 0.4) is 0 Å². The molecule has 9 nitrogen and oxygen atoms in total. The molecule has 0 aliphatic carbocycles. The van der Waals surface area contributed by atoms with Crippen molar-refractivity contribution in [1.82, 2.24) is 19.7 Å². The van der Waals surface area contributed by atoms with Crippen molar-refractivity contribution in [1.29, 1.82) is 0 Å². The summed E-state index contributed by atoms with van der Waals surface area (Å²) < 4.78 is 36.9. The summed E-state index contributed by atoms with van der Waals surface area (Å²) in [5.74, 6) is -0.211. The molecule has 0 radical (unpaired) electrons. The Morgan fingerprint density at radius 2 is 1.51 bits per heavy atom. The number of rotatable bonds is 8. The summed E-state index contributed by atoms with van der Waals surface area (Å²) in [6, 6.07) is 19.6. The van der Waals surface area contributed by atoms with Crippen LogP contribution in [0.15, 0.2) is 82.0 Å². The lowest BCUT2D eigenvalue weighted by Crippen LogP contribution is -2.56. The number of sulfone groups is 1. The number of hydrogen-bond donors (Lipinski definition) is 0. The number of aromatic nitrogens is 1. The van der Waals surface area contributed by atoms with Crippen molar-refractivity contribution < 1.29 is 22.2 Å². The molecule has 2 saturated heterocycles. The minimum atomic E-state index is -3.36. The third kappa shape index (κ3) is 5.88. The highest BCUT2D eigenvalue weighted by atomic mass is 32.2. The molecule has 2 aliphatic rings. The highest BCUT2D eigenvalue weighted by Crippen LogP contribution is 2.39. The maximum Gasteiger partial charge on any atom is 0.328 e. The number of carbonyl (C=O) groups is 2. The lowest BCUT2D eigenvalue weighted by atomic mass is 9.85. The third-order valence-corrected chi connectivity index (χ3v) is 11.3. The molecule has 3 heterocycles. The lowest BCUT2D eigenvalue weighted by molar-refractivity contribution is -0.136. The molecular weight excluding hydrogens is 605 g/mol.